The lowest BCUT2D eigenvalue weighted by Crippen LogP contribution is -2.28. The first-order valence-electron chi connectivity index (χ1n) is 10.8. The van der Waals surface area contributed by atoms with Gasteiger partial charge in [0.1, 0.15) is 18.2 Å². The summed E-state index contributed by atoms with van der Waals surface area (Å²) in [6.45, 7) is 6.85. The van der Waals surface area contributed by atoms with Crippen LogP contribution in [0, 0.1) is 21.7 Å². The first-order valence-corrected chi connectivity index (χ1v) is 10.8. The zero-order chi connectivity index (χ0) is 23.3. The largest absolute Gasteiger partial charge is 0.488 e. The van der Waals surface area contributed by atoms with Gasteiger partial charge in [-0.05, 0) is 49.5 Å². The van der Waals surface area contributed by atoms with Gasteiger partial charge in [0.05, 0.1) is 26.7 Å². The number of benzene rings is 3. The Hall–Kier alpha value is -3.72. The van der Waals surface area contributed by atoms with E-state index in [4.69, 9.17) is 4.74 Å². The molecule has 0 radical (unpaired) electrons. The summed E-state index contributed by atoms with van der Waals surface area (Å²) >= 11 is 0. The number of non-ortho nitro benzene ring substituents is 1. The number of aromatic nitrogens is 2. The second-order valence-electron chi connectivity index (χ2n) is 7.94. The van der Waals surface area contributed by atoms with Crippen LogP contribution in [0.25, 0.3) is 43.6 Å². The average Bonchev–Trinajstić information content (AvgIpc) is 3.34. The predicted molar refractivity (Wildman–Crippen MR) is 125 cm³/mol. The zero-order valence-electron chi connectivity index (χ0n) is 18.2. The molecule has 0 unspecified atom stereocenters. The minimum Gasteiger partial charge on any atom is -0.488 e. The van der Waals surface area contributed by atoms with Crippen LogP contribution >= 0.6 is 0 Å². The van der Waals surface area contributed by atoms with Crippen LogP contribution in [0.4, 0.5) is 14.5 Å². The van der Waals surface area contributed by atoms with E-state index in [0.717, 1.165) is 13.1 Å². The standard InChI is InChI=1S/C24H22F2N4O3/c1-3-29(4-2)9-10-33-24-21-19(15-11-13(25)5-7-17(15)27-21)23(30(31)32)20-16-12-14(26)6-8-18(16)28-22(20)24/h5-8,11-12,27-28H,3-4,9-10H2,1-2H3. The van der Waals surface area contributed by atoms with Gasteiger partial charge < -0.3 is 19.6 Å². The summed E-state index contributed by atoms with van der Waals surface area (Å²) in [6.07, 6.45) is 0. The van der Waals surface area contributed by atoms with Crippen LogP contribution in [0.3, 0.4) is 0 Å². The topological polar surface area (TPSA) is 87.2 Å². The van der Waals surface area contributed by atoms with E-state index in [-0.39, 0.29) is 16.5 Å². The van der Waals surface area contributed by atoms with Crippen LogP contribution < -0.4 is 4.74 Å². The highest BCUT2D eigenvalue weighted by Crippen LogP contribution is 2.47. The van der Waals surface area contributed by atoms with Crippen molar-refractivity contribution in [2.75, 3.05) is 26.2 Å². The maximum absolute atomic E-state index is 14.1. The molecule has 2 N–H and O–H groups in total. The molecule has 0 amide bonds. The molecular formula is C24H22F2N4O3. The molecule has 0 spiro atoms. The highest BCUT2D eigenvalue weighted by atomic mass is 19.1. The summed E-state index contributed by atoms with van der Waals surface area (Å²) in [5.41, 5.74) is 1.69. The van der Waals surface area contributed by atoms with Gasteiger partial charge in [-0.1, -0.05) is 13.8 Å². The summed E-state index contributed by atoms with van der Waals surface area (Å²) in [5, 5.41) is 13.5. The molecule has 5 aromatic rings. The number of nitro benzene ring substituents is 1. The number of nitro groups is 1. The molecule has 33 heavy (non-hydrogen) atoms. The van der Waals surface area contributed by atoms with E-state index >= 15 is 0 Å². The second kappa shape index (κ2) is 8.00. The van der Waals surface area contributed by atoms with Crippen molar-refractivity contribution < 1.29 is 18.4 Å². The molecule has 2 aromatic heterocycles. The second-order valence-corrected chi connectivity index (χ2v) is 7.94. The number of aromatic amines is 2. The number of rotatable bonds is 7. The SMILES string of the molecule is CCN(CC)CCOc1c2[nH]c3ccc(F)cc3c2c([N+](=O)[O-])c2c1[nH]c1ccc(F)cc12. The van der Waals surface area contributed by atoms with E-state index in [1.165, 1.54) is 24.3 Å². The van der Waals surface area contributed by atoms with Gasteiger partial charge in [-0.25, -0.2) is 8.78 Å². The maximum atomic E-state index is 14.1. The summed E-state index contributed by atoms with van der Waals surface area (Å²) in [7, 11) is 0. The van der Waals surface area contributed by atoms with E-state index in [2.05, 4.69) is 28.7 Å². The molecular weight excluding hydrogens is 430 g/mol. The quantitative estimate of drug-likeness (QED) is 0.239. The van der Waals surface area contributed by atoms with E-state index in [1.807, 2.05) is 0 Å². The van der Waals surface area contributed by atoms with Crippen molar-refractivity contribution in [1.29, 1.82) is 0 Å². The van der Waals surface area contributed by atoms with Gasteiger partial charge in [-0.3, -0.25) is 10.1 Å². The molecule has 0 aliphatic rings. The summed E-state index contributed by atoms with van der Waals surface area (Å²) in [4.78, 5) is 20.4. The molecule has 9 heteroatoms. The van der Waals surface area contributed by atoms with Gasteiger partial charge in [0.2, 0.25) is 0 Å². The van der Waals surface area contributed by atoms with Crippen molar-refractivity contribution in [3.05, 3.63) is 58.1 Å². The molecule has 2 heterocycles. The lowest BCUT2D eigenvalue weighted by atomic mass is 10.0. The van der Waals surface area contributed by atoms with Crippen molar-refractivity contribution in [2.24, 2.45) is 0 Å². The third-order valence-corrected chi connectivity index (χ3v) is 6.18. The fraction of sp³-hybridized carbons (Fsp3) is 0.250. The average molecular weight is 452 g/mol. The fourth-order valence-electron chi connectivity index (χ4n) is 4.55. The molecule has 7 nitrogen and oxygen atoms in total. The monoisotopic (exact) mass is 452 g/mol. The third-order valence-electron chi connectivity index (χ3n) is 6.18. The van der Waals surface area contributed by atoms with E-state index in [9.17, 15) is 18.9 Å². The Morgan fingerprint density at radius 2 is 1.45 bits per heavy atom. The van der Waals surface area contributed by atoms with Crippen molar-refractivity contribution >= 4 is 49.3 Å². The molecule has 170 valence electrons. The molecule has 3 aromatic carbocycles. The van der Waals surface area contributed by atoms with Gasteiger partial charge in [-0.2, -0.15) is 0 Å². The molecule has 0 saturated heterocycles. The Kier molecular flexibility index (Phi) is 5.13. The van der Waals surface area contributed by atoms with E-state index in [1.54, 1.807) is 12.1 Å². The number of hydrogen-bond donors (Lipinski definition) is 2. The molecule has 0 saturated carbocycles. The molecule has 0 fully saturated rings. The van der Waals surface area contributed by atoms with Gasteiger partial charge in [0.25, 0.3) is 5.69 Å². The first kappa shape index (κ1) is 21.1. The highest BCUT2D eigenvalue weighted by Gasteiger charge is 2.29. The Bertz CT molecular complexity index is 1440. The smallest absolute Gasteiger partial charge is 0.289 e. The lowest BCUT2D eigenvalue weighted by molar-refractivity contribution is -0.381. The van der Waals surface area contributed by atoms with Crippen LogP contribution in [0.2, 0.25) is 0 Å². The Balaban J connectivity index is 1.88. The van der Waals surface area contributed by atoms with Gasteiger partial charge in [-0.15, -0.1) is 0 Å². The Morgan fingerprint density at radius 3 is 1.91 bits per heavy atom. The van der Waals surface area contributed by atoms with Crippen molar-refractivity contribution in [3.63, 3.8) is 0 Å². The van der Waals surface area contributed by atoms with Crippen molar-refractivity contribution in [3.8, 4) is 5.75 Å². The first-order chi connectivity index (χ1) is 15.9. The van der Waals surface area contributed by atoms with Crippen LogP contribution in [0.1, 0.15) is 13.8 Å². The Morgan fingerprint density at radius 1 is 0.939 bits per heavy atom. The molecule has 0 bridgehead atoms. The zero-order valence-corrected chi connectivity index (χ0v) is 18.2. The third kappa shape index (κ3) is 3.36. The lowest BCUT2D eigenvalue weighted by Gasteiger charge is -2.18. The summed E-state index contributed by atoms with van der Waals surface area (Å²) in [6, 6.07) is 8.20. The summed E-state index contributed by atoms with van der Waals surface area (Å²) < 4.78 is 34.5. The van der Waals surface area contributed by atoms with Gasteiger partial charge in [0, 0.05) is 28.4 Å². The number of fused-ring (bicyclic) bond motifs is 6. The normalized spacial score (nSPS) is 12.0. The van der Waals surface area contributed by atoms with Crippen LogP contribution in [0.5, 0.6) is 5.75 Å². The van der Waals surface area contributed by atoms with E-state index in [0.29, 0.717) is 51.7 Å². The van der Waals surface area contributed by atoms with Gasteiger partial charge in [0.15, 0.2) is 5.75 Å². The molecule has 0 aliphatic carbocycles. The van der Waals surface area contributed by atoms with E-state index < -0.39 is 16.6 Å². The summed E-state index contributed by atoms with van der Waals surface area (Å²) in [5.74, 6) is -0.621. The molecule has 5 rings (SSSR count). The number of likely N-dealkylation sites (N-methyl/N-ethyl adjacent to an activating group) is 1. The fourth-order valence-corrected chi connectivity index (χ4v) is 4.55. The number of hydrogen-bond acceptors (Lipinski definition) is 4. The van der Waals surface area contributed by atoms with Crippen molar-refractivity contribution in [1.82, 2.24) is 14.9 Å². The predicted octanol–water partition coefficient (Wildman–Crippen LogP) is 5.86. The molecule has 0 aliphatic heterocycles. The highest BCUT2D eigenvalue weighted by molar-refractivity contribution is 6.27. The maximum Gasteiger partial charge on any atom is 0.289 e. The van der Waals surface area contributed by atoms with Crippen LogP contribution in [-0.4, -0.2) is 46.0 Å². The number of ether oxygens (including phenoxy) is 1. The minimum absolute atomic E-state index is 0.218. The van der Waals surface area contributed by atoms with Gasteiger partial charge >= 0.3 is 0 Å². The van der Waals surface area contributed by atoms with Crippen LogP contribution in [-0.2, 0) is 0 Å². The number of H-pyrrole nitrogens is 2. The van der Waals surface area contributed by atoms with Crippen LogP contribution in [0.15, 0.2) is 36.4 Å². The molecule has 0 atom stereocenters. The number of halogens is 2. The number of nitrogens with one attached hydrogen (secondary N) is 2. The minimum atomic E-state index is -0.508. The number of nitrogens with zero attached hydrogens (tertiary/aromatic N) is 2. The van der Waals surface area contributed by atoms with Crippen molar-refractivity contribution in [2.45, 2.75) is 13.8 Å². The Labute approximate surface area is 187 Å².